The van der Waals surface area contributed by atoms with Crippen molar-refractivity contribution in [2.45, 2.75) is 13.5 Å². The Balaban J connectivity index is 2.27. The van der Waals surface area contributed by atoms with Crippen molar-refractivity contribution >= 4 is 0 Å². The number of nitrogens with two attached hydrogens (primary N) is 1. The summed E-state index contributed by atoms with van der Waals surface area (Å²) in [6.45, 7) is 3.04. The van der Waals surface area contributed by atoms with Crippen molar-refractivity contribution < 1.29 is 9.26 Å². The zero-order valence-electron chi connectivity index (χ0n) is 9.14. The fourth-order valence-corrected chi connectivity index (χ4v) is 1.52. The van der Waals surface area contributed by atoms with Crippen LogP contribution in [0.15, 0.2) is 35.1 Å². The molecule has 0 spiro atoms. The second kappa shape index (κ2) is 4.81. The minimum absolute atomic E-state index is 0.423. The number of hydrogen-bond donors (Lipinski definition) is 1. The normalized spacial score (nSPS) is 10.4. The predicted molar refractivity (Wildman–Crippen MR) is 61.0 cm³/mol. The van der Waals surface area contributed by atoms with Crippen LogP contribution in [-0.2, 0) is 6.54 Å². The number of hydrogen-bond acceptors (Lipinski definition) is 4. The first-order valence-corrected chi connectivity index (χ1v) is 5.21. The van der Waals surface area contributed by atoms with Gasteiger partial charge >= 0.3 is 0 Å². The summed E-state index contributed by atoms with van der Waals surface area (Å²) in [5.41, 5.74) is 8.27. The minimum Gasteiger partial charge on any atom is -0.494 e. The van der Waals surface area contributed by atoms with Gasteiger partial charge in [0.1, 0.15) is 17.7 Å². The molecule has 0 saturated heterocycles. The first kappa shape index (κ1) is 10.7. The molecule has 0 fully saturated rings. The van der Waals surface area contributed by atoms with E-state index < -0.39 is 0 Å². The topological polar surface area (TPSA) is 61.3 Å². The largest absolute Gasteiger partial charge is 0.494 e. The van der Waals surface area contributed by atoms with Crippen molar-refractivity contribution in [1.82, 2.24) is 5.16 Å². The lowest BCUT2D eigenvalue weighted by Gasteiger charge is -2.03. The van der Waals surface area contributed by atoms with Crippen LogP contribution in [0.5, 0.6) is 5.75 Å². The van der Waals surface area contributed by atoms with E-state index in [2.05, 4.69) is 5.16 Å². The first-order chi connectivity index (χ1) is 7.85. The Labute approximate surface area is 94.0 Å². The van der Waals surface area contributed by atoms with Gasteiger partial charge < -0.3 is 15.0 Å². The summed E-state index contributed by atoms with van der Waals surface area (Å²) in [7, 11) is 0. The third-order valence-corrected chi connectivity index (χ3v) is 2.30. The highest BCUT2D eigenvalue weighted by atomic mass is 16.5. The molecule has 2 rings (SSSR count). The third-order valence-electron chi connectivity index (χ3n) is 2.30. The van der Waals surface area contributed by atoms with Crippen LogP contribution in [0.3, 0.4) is 0 Å². The van der Waals surface area contributed by atoms with Crippen molar-refractivity contribution in [3.05, 3.63) is 36.1 Å². The minimum atomic E-state index is 0.423. The monoisotopic (exact) mass is 218 g/mol. The molecule has 0 radical (unpaired) electrons. The van der Waals surface area contributed by atoms with Crippen LogP contribution in [0.2, 0.25) is 0 Å². The predicted octanol–water partition coefficient (Wildman–Crippen LogP) is 2.20. The van der Waals surface area contributed by atoms with Crippen LogP contribution < -0.4 is 10.5 Å². The maximum absolute atomic E-state index is 5.59. The molecule has 1 heterocycles. The highest BCUT2D eigenvalue weighted by molar-refractivity contribution is 5.62. The fraction of sp³-hybridized carbons (Fsp3) is 0.250. The molecular weight excluding hydrogens is 204 g/mol. The van der Waals surface area contributed by atoms with Crippen molar-refractivity contribution in [2.24, 2.45) is 5.73 Å². The van der Waals surface area contributed by atoms with Crippen LogP contribution in [0.1, 0.15) is 12.5 Å². The van der Waals surface area contributed by atoms with Gasteiger partial charge in [-0.1, -0.05) is 5.16 Å². The lowest BCUT2D eigenvalue weighted by Crippen LogP contribution is -1.96. The van der Waals surface area contributed by atoms with Crippen LogP contribution in [0.4, 0.5) is 0 Å². The Kier molecular flexibility index (Phi) is 3.22. The molecule has 2 aromatic rings. The van der Waals surface area contributed by atoms with Gasteiger partial charge in [-0.15, -0.1) is 0 Å². The summed E-state index contributed by atoms with van der Waals surface area (Å²) in [5, 5.41) is 3.94. The molecule has 0 saturated carbocycles. The van der Waals surface area contributed by atoms with Crippen molar-refractivity contribution in [1.29, 1.82) is 0 Å². The standard InChI is InChI=1S/C12H14N2O2/c1-2-15-11-5-3-9(4-6-11)12-10(7-13)8-16-14-12/h3-6,8H,2,7,13H2,1H3. The average molecular weight is 218 g/mol. The van der Waals surface area contributed by atoms with Crippen LogP contribution in [0, 0.1) is 0 Å². The van der Waals surface area contributed by atoms with Crippen LogP contribution in [0.25, 0.3) is 11.3 Å². The van der Waals surface area contributed by atoms with Gasteiger partial charge in [0.15, 0.2) is 0 Å². The highest BCUT2D eigenvalue weighted by Crippen LogP contribution is 2.24. The van der Waals surface area contributed by atoms with E-state index in [9.17, 15) is 0 Å². The Bertz CT molecular complexity index is 448. The maximum atomic E-state index is 5.59. The van der Waals surface area contributed by atoms with Crippen molar-refractivity contribution in [3.63, 3.8) is 0 Å². The molecule has 0 atom stereocenters. The van der Waals surface area contributed by atoms with Crippen LogP contribution >= 0.6 is 0 Å². The summed E-state index contributed by atoms with van der Waals surface area (Å²) in [6.07, 6.45) is 1.58. The molecule has 4 heteroatoms. The zero-order chi connectivity index (χ0) is 11.4. The van der Waals surface area contributed by atoms with E-state index in [4.69, 9.17) is 15.0 Å². The van der Waals surface area contributed by atoms with Gasteiger partial charge in [0.05, 0.1) is 6.61 Å². The summed E-state index contributed by atoms with van der Waals surface area (Å²) in [6, 6.07) is 7.71. The second-order valence-corrected chi connectivity index (χ2v) is 3.35. The molecule has 4 nitrogen and oxygen atoms in total. The molecule has 0 unspecified atom stereocenters. The molecule has 1 aromatic heterocycles. The van der Waals surface area contributed by atoms with E-state index in [1.165, 1.54) is 0 Å². The number of nitrogens with zero attached hydrogens (tertiary/aromatic N) is 1. The fourth-order valence-electron chi connectivity index (χ4n) is 1.52. The van der Waals surface area contributed by atoms with E-state index in [1.807, 2.05) is 31.2 Å². The molecular formula is C12H14N2O2. The van der Waals surface area contributed by atoms with E-state index in [1.54, 1.807) is 6.26 Å². The maximum Gasteiger partial charge on any atom is 0.128 e. The van der Waals surface area contributed by atoms with Gasteiger partial charge in [-0.25, -0.2) is 0 Å². The Morgan fingerprint density at radius 2 is 2.06 bits per heavy atom. The third kappa shape index (κ3) is 2.06. The smallest absolute Gasteiger partial charge is 0.128 e. The molecule has 0 amide bonds. The van der Waals surface area contributed by atoms with E-state index in [0.29, 0.717) is 13.2 Å². The Hall–Kier alpha value is -1.81. The Morgan fingerprint density at radius 3 is 2.69 bits per heavy atom. The van der Waals surface area contributed by atoms with Gasteiger partial charge in [0.25, 0.3) is 0 Å². The molecule has 2 N–H and O–H groups in total. The molecule has 84 valence electrons. The average Bonchev–Trinajstić information content (AvgIpc) is 2.78. The van der Waals surface area contributed by atoms with E-state index >= 15 is 0 Å². The van der Waals surface area contributed by atoms with Crippen molar-refractivity contribution in [2.75, 3.05) is 6.61 Å². The summed E-state index contributed by atoms with van der Waals surface area (Å²) >= 11 is 0. The van der Waals surface area contributed by atoms with E-state index in [0.717, 1.165) is 22.6 Å². The number of benzene rings is 1. The first-order valence-electron chi connectivity index (χ1n) is 5.21. The highest BCUT2D eigenvalue weighted by Gasteiger charge is 2.08. The van der Waals surface area contributed by atoms with Gasteiger partial charge in [-0.2, -0.15) is 0 Å². The molecule has 0 aliphatic heterocycles. The van der Waals surface area contributed by atoms with E-state index in [-0.39, 0.29) is 0 Å². The molecule has 0 aliphatic rings. The molecule has 1 aromatic carbocycles. The number of rotatable bonds is 4. The summed E-state index contributed by atoms with van der Waals surface area (Å²) in [5.74, 6) is 0.851. The Morgan fingerprint density at radius 1 is 1.31 bits per heavy atom. The quantitative estimate of drug-likeness (QED) is 0.854. The number of aromatic nitrogens is 1. The van der Waals surface area contributed by atoms with Gasteiger partial charge in [0, 0.05) is 17.7 Å². The van der Waals surface area contributed by atoms with Gasteiger partial charge in [-0.3, -0.25) is 0 Å². The number of ether oxygens (including phenoxy) is 1. The van der Waals surface area contributed by atoms with Crippen LogP contribution in [-0.4, -0.2) is 11.8 Å². The zero-order valence-corrected chi connectivity index (χ0v) is 9.14. The molecule has 0 bridgehead atoms. The van der Waals surface area contributed by atoms with Crippen molar-refractivity contribution in [3.8, 4) is 17.0 Å². The molecule has 0 aliphatic carbocycles. The molecule has 16 heavy (non-hydrogen) atoms. The summed E-state index contributed by atoms with van der Waals surface area (Å²) in [4.78, 5) is 0. The lowest BCUT2D eigenvalue weighted by atomic mass is 10.1. The second-order valence-electron chi connectivity index (χ2n) is 3.35. The van der Waals surface area contributed by atoms with Gasteiger partial charge in [0.2, 0.25) is 0 Å². The lowest BCUT2D eigenvalue weighted by molar-refractivity contribution is 0.340. The SMILES string of the molecule is CCOc1ccc(-c2nocc2CN)cc1. The summed E-state index contributed by atoms with van der Waals surface area (Å²) < 4.78 is 10.3. The van der Waals surface area contributed by atoms with Gasteiger partial charge in [-0.05, 0) is 31.2 Å².